The molecule has 0 aliphatic carbocycles. The number of amides is 1. The Labute approximate surface area is 163 Å². The highest BCUT2D eigenvalue weighted by Crippen LogP contribution is 2.31. The molecular formula is C18H13ClN4O3S. The molecular weight excluding hydrogens is 388 g/mol. The predicted molar refractivity (Wildman–Crippen MR) is 102 cm³/mol. The summed E-state index contributed by atoms with van der Waals surface area (Å²) in [6.45, 7) is 2.02. The second kappa shape index (κ2) is 7.34. The summed E-state index contributed by atoms with van der Waals surface area (Å²) < 4.78 is 11.9. The lowest BCUT2D eigenvalue weighted by atomic mass is 10.2. The van der Waals surface area contributed by atoms with Gasteiger partial charge in [0.15, 0.2) is 12.2 Å². The van der Waals surface area contributed by atoms with E-state index in [0.29, 0.717) is 33.3 Å². The average molecular weight is 401 g/mol. The van der Waals surface area contributed by atoms with Crippen molar-refractivity contribution in [2.45, 2.75) is 13.5 Å². The highest BCUT2D eigenvalue weighted by atomic mass is 35.5. The van der Waals surface area contributed by atoms with E-state index in [1.54, 1.807) is 29.8 Å². The van der Waals surface area contributed by atoms with Gasteiger partial charge in [-0.2, -0.15) is 0 Å². The maximum Gasteiger partial charge on any atom is 0.258 e. The van der Waals surface area contributed by atoms with Crippen molar-refractivity contribution < 1.29 is 13.9 Å². The molecule has 0 radical (unpaired) electrons. The molecule has 3 aromatic heterocycles. The first-order chi connectivity index (χ1) is 13.1. The number of halogens is 1. The van der Waals surface area contributed by atoms with Crippen LogP contribution in [0.15, 0.2) is 46.9 Å². The fraction of sp³-hybridized carbons (Fsp3) is 0.111. The zero-order valence-corrected chi connectivity index (χ0v) is 15.7. The van der Waals surface area contributed by atoms with E-state index in [4.69, 9.17) is 20.8 Å². The molecule has 0 saturated heterocycles. The van der Waals surface area contributed by atoms with Gasteiger partial charge in [0.05, 0.1) is 27.2 Å². The lowest BCUT2D eigenvalue weighted by Crippen LogP contribution is -2.13. The molecule has 0 atom stereocenters. The van der Waals surface area contributed by atoms with E-state index in [1.165, 1.54) is 24.1 Å². The fourth-order valence-electron chi connectivity index (χ4n) is 2.47. The minimum Gasteiger partial charge on any atom is -0.483 e. The number of aromatic nitrogens is 3. The van der Waals surface area contributed by atoms with Crippen LogP contribution in [0.25, 0.3) is 10.2 Å². The Hall–Kier alpha value is -2.97. The number of nitrogens with zero attached hydrogens (tertiary/aromatic N) is 3. The Morgan fingerprint density at radius 2 is 2.26 bits per heavy atom. The summed E-state index contributed by atoms with van der Waals surface area (Å²) in [6, 6.07) is 5.01. The third kappa shape index (κ3) is 3.62. The Bertz CT molecular complexity index is 1120. The van der Waals surface area contributed by atoms with Crippen molar-refractivity contribution >= 4 is 44.7 Å². The van der Waals surface area contributed by atoms with Crippen LogP contribution in [0.3, 0.4) is 0 Å². The van der Waals surface area contributed by atoms with Crippen molar-refractivity contribution in [3.63, 3.8) is 0 Å². The molecule has 0 saturated carbocycles. The summed E-state index contributed by atoms with van der Waals surface area (Å²) in [6.07, 6.45) is 4.46. The van der Waals surface area contributed by atoms with Crippen LogP contribution in [0.4, 0.5) is 5.69 Å². The summed E-state index contributed by atoms with van der Waals surface area (Å²) >= 11 is 7.50. The Morgan fingerprint density at radius 1 is 1.37 bits per heavy atom. The molecule has 0 bridgehead atoms. The van der Waals surface area contributed by atoms with Gasteiger partial charge in [0.1, 0.15) is 18.7 Å². The van der Waals surface area contributed by atoms with Gasteiger partial charge in [0.25, 0.3) is 5.91 Å². The summed E-state index contributed by atoms with van der Waals surface area (Å²) in [5, 5.41) is 5.07. The van der Waals surface area contributed by atoms with Crippen molar-refractivity contribution in [1.29, 1.82) is 0 Å². The number of thiophene rings is 1. The first-order valence-electron chi connectivity index (χ1n) is 7.91. The molecule has 9 heteroatoms. The maximum absolute atomic E-state index is 12.7. The molecule has 7 nitrogen and oxygen atoms in total. The fourth-order valence-corrected chi connectivity index (χ4v) is 3.50. The summed E-state index contributed by atoms with van der Waals surface area (Å²) in [4.78, 5) is 24.9. The highest BCUT2D eigenvalue weighted by Gasteiger charge is 2.16. The molecule has 4 aromatic rings. The Morgan fingerprint density at radius 3 is 3.07 bits per heavy atom. The van der Waals surface area contributed by atoms with E-state index in [9.17, 15) is 4.79 Å². The molecule has 0 aliphatic rings. The minimum absolute atomic E-state index is 0.185. The highest BCUT2D eigenvalue weighted by molar-refractivity contribution is 7.17. The molecule has 1 amide bonds. The summed E-state index contributed by atoms with van der Waals surface area (Å²) in [5.74, 6) is 0.781. The molecule has 0 unspecified atom stereocenters. The first kappa shape index (κ1) is 17.4. The molecule has 136 valence electrons. The SMILES string of the molecule is Cc1ncoc1COc1ccc(Cl)cc1NC(=O)c1csc2cncnc12. The van der Waals surface area contributed by atoms with Crippen LogP contribution in [0, 0.1) is 6.92 Å². The van der Waals surface area contributed by atoms with Crippen molar-refractivity contribution in [2.24, 2.45) is 0 Å². The number of hydrogen-bond acceptors (Lipinski definition) is 7. The third-order valence-electron chi connectivity index (χ3n) is 3.88. The van der Waals surface area contributed by atoms with Crippen LogP contribution >= 0.6 is 22.9 Å². The third-order valence-corrected chi connectivity index (χ3v) is 5.02. The van der Waals surface area contributed by atoms with Gasteiger partial charge in [-0.15, -0.1) is 11.3 Å². The second-order valence-electron chi connectivity index (χ2n) is 5.63. The number of anilines is 1. The Balaban J connectivity index is 1.58. The van der Waals surface area contributed by atoms with E-state index < -0.39 is 0 Å². The van der Waals surface area contributed by atoms with E-state index in [2.05, 4.69) is 20.3 Å². The van der Waals surface area contributed by atoms with Crippen LogP contribution in [-0.4, -0.2) is 20.9 Å². The van der Waals surface area contributed by atoms with Crippen LogP contribution in [0.5, 0.6) is 5.75 Å². The van der Waals surface area contributed by atoms with Crippen molar-refractivity contribution in [3.8, 4) is 5.75 Å². The number of hydrogen-bond donors (Lipinski definition) is 1. The summed E-state index contributed by atoms with van der Waals surface area (Å²) in [5.41, 5.74) is 2.28. The molecule has 0 fully saturated rings. The number of fused-ring (bicyclic) bond motifs is 1. The van der Waals surface area contributed by atoms with Crippen molar-refractivity contribution in [2.75, 3.05) is 5.32 Å². The quantitative estimate of drug-likeness (QED) is 0.531. The zero-order valence-electron chi connectivity index (χ0n) is 14.1. The zero-order chi connectivity index (χ0) is 18.8. The number of aryl methyl sites for hydroxylation is 1. The van der Waals surface area contributed by atoms with Gasteiger partial charge >= 0.3 is 0 Å². The first-order valence-corrected chi connectivity index (χ1v) is 9.17. The number of carbonyl (C=O) groups excluding carboxylic acids is 1. The van der Waals surface area contributed by atoms with Gasteiger partial charge in [-0.1, -0.05) is 11.6 Å². The number of carbonyl (C=O) groups is 1. The predicted octanol–water partition coefficient (Wildman–Crippen LogP) is 4.47. The maximum atomic E-state index is 12.7. The topological polar surface area (TPSA) is 90.1 Å². The van der Waals surface area contributed by atoms with E-state index in [-0.39, 0.29) is 12.5 Å². The number of nitrogens with one attached hydrogen (secondary N) is 1. The molecule has 1 aromatic carbocycles. The number of ether oxygens (including phenoxy) is 1. The van der Waals surface area contributed by atoms with Gasteiger partial charge in [0, 0.05) is 16.6 Å². The van der Waals surface area contributed by atoms with Gasteiger partial charge in [0.2, 0.25) is 0 Å². The lowest BCUT2D eigenvalue weighted by Gasteiger charge is -2.12. The smallest absolute Gasteiger partial charge is 0.258 e. The van der Waals surface area contributed by atoms with E-state index in [1.807, 2.05) is 6.92 Å². The van der Waals surface area contributed by atoms with Gasteiger partial charge in [-0.3, -0.25) is 4.79 Å². The van der Waals surface area contributed by atoms with E-state index in [0.717, 1.165) is 10.4 Å². The summed E-state index contributed by atoms with van der Waals surface area (Å²) in [7, 11) is 0. The van der Waals surface area contributed by atoms with Crippen LogP contribution in [0.2, 0.25) is 5.02 Å². The normalized spacial score (nSPS) is 10.9. The number of benzene rings is 1. The van der Waals surface area contributed by atoms with Crippen LogP contribution in [0.1, 0.15) is 21.8 Å². The van der Waals surface area contributed by atoms with Gasteiger partial charge in [-0.05, 0) is 25.1 Å². The molecule has 1 N–H and O–H groups in total. The molecule has 3 heterocycles. The van der Waals surface area contributed by atoms with Crippen LogP contribution in [-0.2, 0) is 6.61 Å². The van der Waals surface area contributed by atoms with E-state index >= 15 is 0 Å². The van der Waals surface area contributed by atoms with Crippen molar-refractivity contribution in [1.82, 2.24) is 15.0 Å². The largest absolute Gasteiger partial charge is 0.483 e. The molecule has 0 aliphatic heterocycles. The molecule has 4 rings (SSSR count). The standard InChI is InChI=1S/C18H13ClN4O3S/c1-10-15(26-9-22-10)6-25-14-3-2-11(19)4-13(14)23-18(24)12-7-27-16-5-20-8-21-17(12)16/h2-5,7-9H,6H2,1H3,(H,23,24). The van der Waals surface area contributed by atoms with Gasteiger partial charge < -0.3 is 14.5 Å². The number of rotatable bonds is 5. The lowest BCUT2D eigenvalue weighted by molar-refractivity contribution is 0.102. The van der Waals surface area contributed by atoms with Gasteiger partial charge in [-0.25, -0.2) is 15.0 Å². The monoisotopic (exact) mass is 400 g/mol. The Kier molecular flexibility index (Phi) is 4.74. The molecule has 27 heavy (non-hydrogen) atoms. The second-order valence-corrected chi connectivity index (χ2v) is 6.98. The molecule has 0 spiro atoms. The minimum atomic E-state index is -0.303. The number of oxazole rings is 1. The van der Waals surface area contributed by atoms with Crippen molar-refractivity contribution in [3.05, 3.63) is 64.5 Å². The van der Waals surface area contributed by atoms with Crippen LogP contribution < -0.4 is 10.1 Å². The average Bonchev–Trinajstić information content (AvgIpc) is 3.27.